The second kappa shape index (κ2) is 8.15. The molecule has 1 aliphatic rings. The fraction of sp³-hybridized carbons (Fsp3) is 0.500. The molecule has 0 heteroatoms. The number of hydrogen-bond acceptors (Lipinski definition) is 0. The van der Waals surface area contributed by atoms with Crippen molar-refractivity contribution < 1.29 is 0 Å². The number of aryl methyl sites for hydroxylation is 2. The summed E-state index contributed by atoms with van der Waals surface area (Å²) in [5, 5.41) is 0. The first-order valence-electron chi connectivity index (χ1n) is 6.53. The van der Waals surface area contributed by atoms with Crippen LogP contribution in [-0.4, -0.2) is 0 Å². The summed E-state index contributed by atoms with van der Waals surface area (Å²) in [4.78, 5) is 0. The maximum atomic E-state index is 2.33. The molecule has 1 aromatic carbocycles. The Morgan fingerprint density at radius 3 is 2.12 bits per heavy atom. The van der Waals surface area contributed by atoms with Crippen molar-refractivity contribution in [2.75, 3.05) is 0 Å². The molecule has 0 N–H and O–H groups in total. The fourth-order valence-corrected chi connectivity index (χ4v) is 1.82. The van der Waals surface area contributed by atoms with E-state index < -0.39 is 0 Å². The van der Waals surface area contributed by atoms with Crippen molar-refractivity contribution >= 4 is 6.08 Å². The molecule has 16 heavy (non-hydrogen) atoms. The SMILES string of the molecule is CC.CC.CC1=Cc2c(C)cccc2CC1. The lowest BCUT2D eigenvalue weighted by Gasteiger charge is -2.15. The third kappa shape index (κ3) is 3.84. The van der Waals surface area contributed by atoms with Gasteiger partial charge in [0.25, 0.3) is 0 Å². The molecule has 0 aliphatic heterocycles. The molecule has 0 nitrogen and oxygen atoms in total. The Bertz CT molecular complexity index is 332. The largest absolute Gasteiger partial charge is 0.0724 e. The van der Waals surface area contributed by atoms with Gasteiger partial charge >= 0.3 is 0 Å². The van der Waals surface area contributed by atoms with E-state index in [1.165, 1.54) is 35.1 Å². The van der Waals surface area contributed by atoms with Gasteiger partial charge in [-0.25, -0.2) is 0 Å². The highest BCUT2D eigenvalue weighted by atomic mass is 14.1. The Morgan fingerprint density at radius 2 is 1.50 bits per heavy atom. The van der Waals surface area contributed by atoms with Gasteiger partial charge in [0.1, 0.15) is 0 Å². The summed E-state index contributed by atoms with van der Waals surface area (Å²) >= 11 is 0. The molecule has 0 atom stereocenters. The highest BCUT2D eigenvalue weighted by Crippen LogP contribution is 2.25. The number of benzene rings is 1. The number of hydrogen-bond donors (Lipinski definition) is 0. The van der Waals surface area contributed by atoms with Crippen LogP contribution in [0.15, 0.2) is 23.8 Å². The van der Waals surface area contributed by atoms with Crippen molar-refractivity contribution in [3.8, 4) is 0 Å². The van der Waals surface area contributed by atoms with Crippen LogP contribution in [0.4, 0.5) is 0 Å². The zero-order chi connectivity index (χ0) is 12.6. The van der Waals surface area contributed by atoms with E-state index in [1.807, 2.05) is 27.7 Å². The van der Waals surface area contributed by atoms with Gasteiger partial charge in [-0.2, -0.15) is 0 Å². The van der Waals surface area contributed by atoms with Crippen molar-refractivity contribution in [3.05, 3.63) is 40.5 Å². The maximum absolute atomic E-state index is 2.33. The van der Waals surface area contributed by atoms with E-state index in [4.69, 9.17) is 0 Å². The van der Waals surface area contributed by atoms with Crippen LogP contribution in [0.3, 0.4) is 0 Å². The van der Waals surface area contributed by atoms with Gasteiger partial charge in [0.2, 0.25) is 0 Å². The van der Waals surface area contributed by atoms with E-state index in [0.717, 1.165) is 0 Å². The Labute approximate surface area is 101 Å². The van der Waals surface area contributed by atoms with Crippen molar-refractivity contribution in [1.29, 1.82) is 0 Å². The average Bonchev–Trinajstić information content (AvgIpc) is 2.35. The Hall–Kier alpha value is -1.04. The molecule has 0 aromatic heterocycles. The predicted molar refractivity (Wildman–Crippen MR) is 75.8 cm³/mol. The van der Waals surface area contributed by atoms with Gasteiger partial charge in [0.15, 0.2) is 0 Å². The summed E-state index contributed by atoms with van der Waals surface area (Å²) in [5.74, 6) is 0. The molecule has 0 saturated carbocycles. The average molecular weight is 218 g/mol. The predicted octanol–water partition coefficient (Wildman–Crippen LogP) is 5.40. The van der Waals surface area contributed by atoms with Crippen molar-refractivity contribution in [1.82, 2.24) is 0 Å². The molecule has 0 spiro atoms. The molecular weight excluding hydrogens is 192 g/mol. The lowest BCUT2D eigenvalue weighted by atomic mass is 9.90. The topological polar surface area (TPSA) is 0 Å². The molecule has 1 aromatic rings. The number of allylic oxidation sites excluding steroid dienone is 1. The molecule has 1 aliphatic carbocycles. The number of fused-ring (bicyclic) bond motifs is 1. The summed E-state index contributed by atoms with van der Waals surface area (Å²) < 4.78 is 0. The summed E-state index contributed by atoms with van der Waals surface area (Å²) in [6.07, 6.45) is 4.78. The Kier molecular flexibility index (Phi) is 7.62. The normalized spacial score (nSPS) is 12.2. The van der Waals surface area contributed by atoms with E-state index in [2.05, 4.69) is 38.1 Å². The van der Waals surface area contributed by atoms with Crippen LogP contribution in [0.5, 0.6) is 0 Å². The van der Waals surface area contributed by atoms with Gasteiger partial charge in [-0.05, 0) is 43.4 Å². The molecular formula is C16H26. The van der Waals surface area contributed by atoms with E-state index in [0.29, 0.717) is 0 Å². The van der Waals surface area contributed by atoms with Crippen LogP contribution in [0.25, 0.3) is 6.08 Å². The van der Waals surface area contributed by atoms with Crippen molar-refractivity contribution in [2.24, 2.45) is 0 Å². The molecule has 90 valence electrons. The fourth-order valence-electron chi connectivity index (χ4n) is 1.82. The first-order valence-corrected chi connectivity index (χ1v) is 6.53. The molecule has 0 radical (unpaired) electrons. The zero-order valence-corrected chi connectivity index (χ0v) is 11.7. The van der Waals surface area contributed by atoms with Crippen LogP contribution < -0.4 is 0 Å². The van der Waals surface area contributed by atoms with E-state index in [1.54, 1.807) is 0 Å². The molecule has 0 fully saturated rings. The lowest BCUT2D eigenvalue weighted by Crippen LogP contribution is -1.98. The van der Waals surface area contributed by atoms with E-state index in [9.17, 15) is 0 Å². The molecule has 0 heterocycles. The van der Waals surface area contributed by atoms with Crippen molar-refractivity contribution in [3.63, 3.8) is 0 Å². The molecule has 0 saturated heterocycles. The second-order valence-corrected chi connectivity index (χ2v) is 3.64. The van der Waals surface area contributed by atoms with E-state index in [-0.39, 0.29) is 0 Å². The summed E-state index contributed by atoms with van der Waals surface area (Å²) in [6.45, 7) is 12.4. The minimum absolute atomic E-state index is 1.22. The molecule has 2 rings (SSSR count). The third-order valence-electron chi connectivity index (χ3n) is 2.59. The quantitative estimate of drug-likeness (QED) is 0.547. The first kappa shape index (κ1) is 15.0. The smallest absolute Gasteiger partial charge is 0.0196 e. The zero-order valence-electron chi connectivity index (χ0n) is 11.7. The molecule has 0 bridgehead atoms. The Morgan fingerprint density at radius 1 is 0.875 bits per heavy atom. The van der Waals surface area contributed by atoms with Gasteiger partial charge in [0.05, 0.1) is 0 Å². The van der Waals surface area contributed by atoms with Gasteiger partial charge in [-0.3, -0.25) is 0 Å². The highest BCUT2D eigenvalue weighted by Gasteiger charge is 2.08. The molecule has 0 amide bonds. The van der Waals surface area contributed by atoms with Crippen LogP contribution in [0.2, 0.25) is 0 Å². The second-order valence-electron chi connectivity index (χ2n) is 3.64. The maximum Gasteiger partial charge on any atom is -0.0196 e. The van der Waals surface area contributed by atoms with E-state index >= 15 is 0 Å². The minimum Gasteiger partial charge on any atom is -0.0724 e. The first-order chi connectivity index (χ1) is 7.77. The minimum atomic E-state index is 1.22. The summed E-state index contributed by atoms with van der Waals surface area (Å²) in [7, 11) is 0. The van der Waals surface area contributed by atoms with Gasteiger partial charge < -0.3 is 0 Å². The van der Waals surface area contributed by atoms with Crippen LogP contribution in [-0.2, 0) is 6.42 Å². The van der Waals surface area contributed by atoms with Crippen LogP contribution in [0.1, 0.15) is 57.7 Å². The summed E-state index contributed by atoms with van der Waals surface area (Å²) in [6, 6.07) is 6.59. The molecule has 0 unspecified atom stereocenters. The highest BCUT2D eigenvalue weighted by molar-refractivity contribution is 5.62. The van der Waals surface area contributed by atoms with Crippen LogP contribution >= 0.6 is 0 Å². The van der Waals surface area contributed by atoms with Crippen molar-refractivity contribution in [2.45, 2.75) is 54.4 Å². The lowest BCUT2D eigenvalue weighted by molar-refractivity contribution is 0.924. The monoisotopic (exact) mass is 218 g/mol. The summed E-state index contributed by atoms with van der Waals surface area (Å²) in [5.41, 5.74) is 5.89. The van der Waals surface area contributed by atoms with Gasteiger partial charge in [0, 0.05) is 0 Å². The van der Waals surface area contributed by atoms with Crippen LogP contribution in [0, 0.1) is 6.92 Å². The number of rotatable bonds is 0. The Balaban J connectivity index is 0.000000509. The standard InChI is InChI=1S/C12H14.2C2H6/c1-9-6-7-11-5-3-4-10(2)12(11)8-9;2*1-2/h3-5,8H,6-7H2,1-2H3;2*1-2H3. The third-order valence-corrected chi connectivity index (χ3v) is 2.59. The van der Waals surface area contributed by atoms with Gasteiger partial charge in [-0.15, -0.1) is 0 Å². The van der Waals surface area contributed by atoms with Gasteiger partial charge in [-0.1, -0.05) is 57.5 Å².